The lowest BCUT2D eigenvalue weighted by atomic mass is 10.0. The first-order valence-electron chi connectivity index (χ1n) is 8.19. The van der Waals surface area contributed by atoms with E-state index in [9.17, 15) is 4.79 Å². The summed E-state index contributed by atoms with van der Waals surface area (Å²) in [6, 6.07) is 11.6. The molecular formula is C19H19ClN4OS. The predicted octanol–water partition coefficient (Wildman–Crippen LogP) is 4.45. The number of halogens is 1. The van der Waals surface area contributed by atoms with E-state index in [1.165, 1.54) is 0 Å². The number of nitrogens with zero attached hydrogens (tertiary/aromatic N) is 4. The van der Waals surface area contributed by atoms with Gasteiger partial charge < -0.3 is 4.57 Å². The molecule has 0 saturated carbocycles. The number of Topliss-reactive ketones (excluding diaryl/α,β-unsaturated/α-hetero) is 1. The van der Waals surface area contributed by atoms with Crippen LogP contribution < -0.4 is 0 Å². The van der Waals surface area contributed by atoms with Crippen LogP contribution in [-0.2, 0) is 13.5 Å². The van der Waals surface area contributed by atoms with Crippen LogP contribution in [0, 0.1) is 6.92 Å². The van der Waals surface area contributed by atoms with Gasteiger partial charge in [0.2, 0.25) is 0 Å². The van der Waals surface area contributed by atoms with Crippen molar-refractivity contribution < 1.29 is 4.79 Å². The Kier molecular flexibility index (Phi) is 5.74. The maximum atomic E-state index is 12.6. The fourth-order valence-electron chi connectivity index (χ4n) is 2.61. The molecule has 5 nitrogen and oxygen atoms in total. The van der Waals surface area contributed by atoms with Gasteiger partial charge in [-0.3, -0.25) is 4.79 Å². The second-order valence-electron chi connectivity index (χ2n) is 6.18. The van der Waals surface area contributed by atoms with Crippen LogP contribution in [-0.4, -0.2) is 25.5 Å². The fourth-order valence-corrected chi connectivity index (χ4v) is 3.77. The lowest BCUT2D eigenvalue weighted by molar-refractivity contribution is 0.0988. The van der Waals surface area contributed by atoms with Crippen LogP contribution in [0.15, 0.2) is 47.9 Å². The maximum absolute atomic E-state index is 12.6. The molecule has 0 saturated heterocycles. The van der Waals surface area contributed by atoms with Gasteiger partial charge in [-0.25, -0.2) is 4.98 Å². The molecular weight excluding hydrogens is 368 g/mol. The molecule has 0 radical (unpaired) electrons. The Bertz CT molecular complexity index is 921. The minimum absolute atomic E-state index is 0.0404. The van der Waals surface area contributed by atoms with E-state index in [1.807, 2.05) is 30.7 Å². The number of benzene rings is 1. The summed E-state index contributed by atoms with van der Waals surface area (Å²) in [6.07, 6.45) is 1.98. The van der Waals surface area contributed by atoms with Crippen molar-refractivity contribution in [2.24, 2.45) is 7.05 Å². The van der Waals surface area contributed by atoms with E-state index in [4.69, 9.17) is 11.6 Å². The summed E-state index contributed by atoms with van der Waals surface area (Å²) >= 11 is 7.60. The quantitative estimate of drug-likeness (QED) is 0.356. The minimum Gasteiger partial charge on any atom is -0.312 e. The second-order valence-corrected chi connectivity index (χ2v) is 7.88. The molecule has 134 valence electrons. The van der Waals surface area contributed by atoms with Gasteiger partial charge in [0.15, 0.2) is 10.9 Å². The summed E-state index contributed by atoms with van der Waals surface area (Å²) in [6.45, 7) is 4.01. The number of carbonyl (C=O) groups excluding carboxylic acids is 1. The summed E-state index contributed by atoms with van der Waals surface area (Å²) in [4.78, 5) is 16.7. The Labute approximate surface area is 161 Å². The van der Waals surface area contributed by atoms with Crippen LogP contribution >= 0.6 is 23.4 Å². The molecule has 0 bridgehead atoms. The standard InChI is InChI=1S/C19H19ClN4OS/c1-12-7-16(22-18(20)8-12)17(25)10-14-5-4-6-15(9-14)13(2)26-19-23-21-11-24(19)3/h4-9,11,13H,10H2,1-3H3/t13-/m0/s1. The first-order chi connectivity index (χ1) is 12.4. The zero-order valence-electron chi connectivity index (χ0n) is 14.8. The zero-order valence-corrected chi connectivity index (χ0v) is 16.4. The lowest BCUT2D eigenvalue weighted by Gasteiger charge is -2.12. The minimum atomic E-state index is -0.0404. The van der Waals surface area contributed by atoms with Gasteiger partial charge in [-0.1, -0.05) is 47.6 Å². The van der Waals surface area contributed by atoms with Crippen molar-refractivity contribution in [3.8, 4) is 0 Å². The Balaban J connectivity index is 1.74. The van der Waals surface area contributed by atoms with Crippen molar-refractivity contribution in [3.05, 3.63) is 70.3 Å². The monoisotopic (exact) mass is 386 g/mol. The predicted molar refractivity (Wildman–Crippen MR) is 104 cm³/mol. The van der Waals surface area contributed by atoms with E-state index >= 15 is 0 Å². The van der Waals surface area contributed by atoms with Crippen LogP contribution in [0.1, 0.15) is 39.4 Å². The van der Waals surface area contributed by atoms with Crippen molar-refractivity contribution in [1.29, 1.82) is 0 Å². The molecule has 0 fully saturated rings. The maximum Gasteiger partial charge on any atom is 0.191 e. The summed E-state index contributed by atoms with van der Waals surface area (Å²) in [5.74, 6) is -0.0404. The normalized spacial score (nSPS) is 12.2. The molecule has 0 aliphatic heterocycles. The van der Waals surface area contributed by atoms with Gasteiger partial charge in [0.05, 0.1) is 0 Å². The van der Waals surface area contributed by atoms with Crippen LogP contribution in [0.25, 0.3) is 0 Å². The molecule has 0 aliphatic carbocycles. The van der Waals surface area contributed by atoms with Crippen molar-refractivity contribution in [2.75, 3.05) is 0 Å². The molecule has 0 N–H and O–H groups in total. The smallest absolute Gasteiger partial charge is 0.191 e. The molecule has 7 heteroatoms. The molecule has 0 unspecified atom stereocenters. The van der Waals surface area contributed by atoms with Crippen LogP contribution in [0.5, 0.6) is 0 Å². The van der Waals surface area contributed by atoms with Crippen LogP contribution in [0.2, 0.25) is 5.15 Å². The van der Waals surface area contributed by atoms with Gasteiger partial charge in [-0.2, -0.15) is 0 Å². The second kappa shape index (κ2) is 8.01. The number of hydrogen-bond acceptors (Lipinski definition) is 5. The number of ketones is 1. The number of thioether (sulfide) groups is 1. The summed E-state index contributed by atoms with van der Waals surface area (Å²) in [5, 5.41) is 9.41. The SMILES string of the molecule is Cc1cc(Cl)nc(C(=O)Cc2cccc([C@H](C)Sc3nncn3C)c2)c1. The molecule has 0 aliphatic rings. The van der Waals surface area contributed by atoms with Gasteiger partial charge in [0.25, 0.3) is 0 Å². The Morgan fingerprint density at radius 1 is 1.31 bits per heavy atom. The Morgan fingerprint density at radius 2 is 2.12 bits per heavy atom. The summed E-state index contributed by atoms with van der Waals surface area (Å²) in [7, 11) is 1.92. The third-order valence-electron chi connectivity index (χ3n) is 3.96. The van der Waals surface area contributed by atoms with E-state index in [-0.39, 0.29) is 11.0 Å². The zero-order chi connectivity index (χ0) is 18.7. The van der Waals surface area contributed by atoms with Crippen molar-refractivity contribution in [1.82, 2.24) is 19.7 Å². The van der Waals surface area contributed by atoms with Gasteiger partial charge >= 0.3 is 0 Å². The molecule has 0 amide bonds. The average Bonchev–Trinajstić information content (AvgIpc) is 2.99. The molecule has 3 rings (SSSR count). The largest absolute Gasteiger partial charge is 0.312 e. The molecule has 2 heterocycles. The summed E-state index contributed by atoms with van der Waals surface area (Å²) < 4.78 is 1.89. The molecule has 26 heavy (non-hydrogen) atoms. The first-order valence-corrected chi connectivity index (χ1v) is 9.45. The highest BCUT2D eigenvalue weighted by Crippen LogP contribution is 2.33. The van der Waals surface area contributed by atoms with Gasteiger partial charge in [0, 0.05) is 18.7 Å². The van der Waals surface area contributed by atoms with E-state index in [2.05, 4.69) is 34.2 Å². The first kappa shape index (κ1) is 18.6. The average molecular weight is 387 g/mol. The third kappa shape index (κ3) is 4.51. The Morgan fingerprint density at radius 3 is 2.81 bits per heavy atom. The van der Waals surface area contributed by atoms with E-state index in [1.54, 1.807) is 30.2 Å². The highest BCUT2D eigenvalue weighted by atomic mass is 35.5. The number of carbonyl (C=O) groups is 1. The van der Waals surface area contributed by atoms with Crippen molar-refractivity contribution in [3.63, 3.8) is 0 Å². The number of hydrogen-bond donors (Lipinski definition) is 0. The van der Waals surface area contributed by atoms with Crippen molar-refractivity contribution in [2.45, 2.75) is 30.7 Å². The number of rotatable bonds is 6. The van der Waals surface area contributed by atoms with Gasteiger partial charge in [0.1, 0.15) is 17.2 Å². The van der Waals surface area contributed by atoms with Gasteiger partial charge in [-0.05, 0) is 42.7 Å². The van der Waals surface area contributed by atoms with Crippen molar-refractivity contribution >= 4 is 29.1 Å². The number of aromatic nitrogens is 4. The lowest BCUT2D eigenvalue weighted by Crippen LogP contribution is -2.07. The third-order valence-corrected chi connectivity index (χ3v) is 5.36. The van der Waals surface area contributed by atoms with Gasteiger partial charge in [-0.15, -0.1) is 10.2 Å². The molecule has 1 aromatic carbocycles. The van der Waals surface area contributed by atoms with E-state index < -0.39 is 0 Å². The molecule has 1 atom stereocenters. The number of aryl methyl sites for hydroxylation is 2. The molecule has 2 aromatic heterocycles. The number of pyridine rings is 1. The molecule has 3 aromatic rings. The molecule has 0 spiro atoms. The topological polar surface area (TPSA) is 60.7 Å². The van der Waals surface area contributed by atoms with E-state index in [0.29, 0.717) is 17.3 Å². The Hall–Kier alpha value is -2.18. The van der Waals surface area contributed by atoms with Crippen LogP contribution in [0.3, 0.4) is 0 Å². The fraction of sp³-hybridized carbons (Fsp3) is 0.263. The highest BCUT2D eigenvalue weighted by Gasteiger charge is 2.14. The highest BCUT2D eigenvalue weighted by molar-refractivity contribution is 7.99. The summed E-state index contributed by atoms with van der Waals surface area (Å²) in [5.41, 5.74) is 3.42. The van der Waals surface area contributed by atoms with Crippen LogP contribution in [0.4, 0.5) is 0 Å². The van der Waals surface area contributed by atoms with E-state index in [0.717, 1.165) is 21.8 Å².